The smallest absolute Gasteiger partial charge is 0.163 e. The quantitative estimate of drug-likeness (QED) is 0.558. The first kappa shape index (κ1) is 21.5. The number of nitrogens with two attached hydrogens (primary N) is 1. The molecule has 2 spiro atoms. The molecule has 158 valence electrons. The topological polar surface area (TPSA) is 56.8 Å². The van der Waals surface area contributed by atoms with Crippen molar-refractivity contribution in [2.75, 3.05) is 13.3 Å². The van der Waals surface area contributed by atoms with Crippen LogP contribution in [0.1, 0.15) is 43.2 Å². The number of nitrogens with zero attached hydrogens (tertiary/aromatic N) is 1. The minimum absolute atomic E-state index is 0.0287. The summed E-state index contributed by atoms with van der Waals surface area (Å²) in [5, 5.41) is -0.181. The van der Waals surface area contributed by atoms with Crippen LogP contribution < -0.4 is 10.5 Å². The fourth-order valence-electron chi connectivity index (χ4n) is 5.45. The molecule has 1 heterocycles. The molecule has 1 atom stereocenters. The number of ether oxygens (including phenoxy) is 2. The highest BCUT2D eigenvalue weighted by atomic mass is 19.1. The molecule has 1 aromatic carbocycles. The van der Waals surface area contributed by atoms with Crippen LogP contribution in [0, 0.1) is 5.41 Å². The molecule has 2 aliphatic carbocycles. The highest BCUT2D eigenvalue weighted by molar-refractivity contribution is 6.58. The van der Waals surface area contributed by atoms with E-state index >= 15 is 0 Å². The Kier molecular flexibility index (Phi) is 5.54. The SMILES string of the molecule is BC(B)(B)OC1CCC2(CC1)Cc1ccc(OCCCF)cc1C21C=C(F)C(N)=N1. The second-order valence-corrected chi connectivity index (χ2v) is 9.85. The molecule has 1 aliphatic heterocycles. The van der Waals surface area contributed by atoms with E-state index in [4.69, 9.17) is 20.2 Å². The van der Waals surface area contributed by atoms with Gasteiger partial charge in [-0.3, -0.25) is 4.39 Å². The summed E-state index contributed by atoms with van der Waals surface area (Å²) in [6.45, 7) is -0.0978. The fraction of sp³-hybridized carbons (Fsp3) is 0.571. The molecule has 9 heteroatoms. The number of aliphatic imine (C=N–C) groups is 1. The first-order valence-corrected chi connectivity index (χ1v) is 10.9. The summed E-state index contributed by atoms with van der Waals surface area (Å²) in [6.07, 6.45) is 6.60. The zero-order chi connectivity index (χ0) is 21.6. The highest BCUT2D eigenvalue weighted by Crippen LogP contribution is 2.62. The lowest BCUT2D eigenvalue weighted by atomic mass is 9.52. The Hall–Kier alpha value is -1.76. The summed E-state index contributed by atoms with van der Waals surface area (Å²) in [4.78, 5) is 4.73. The standard InChI is InChI=1S/C21H29B3F2N2O2/c22-21(23,24)30-14-4-6-19(7-5-14)11-13-2-3-15(29-9-1-8-25)10-16(13)20(19)12-17(26)18(27)28-20/h2-3,10,12,14H,1,4-9,11,22-24H2,(H2,27,28). The lowest BCUT2D eigenvalue weighted by Crippen LogP contribution is -2.46. The summed E-state index contributed by atoms with van der Waals surface area (Å²) >= 11 is 0. The van der Waals surface area contributed by atoms with Crippen molar-refractivity contribution in [3.63, 3.8) is 0 Å². The van der Waals surface area contributed by atoms with E-state index in [1.165, 1.54) is 0 Å². The number of benzene rings is 1. The van der Waals surface area contributed by atoms with E-state index in [2.05, 4.69) is 23.5 Å². The van der Waals surface area contributed by atoms with Gasteiger partial charge in [-0.15, -0.1) is 0 Å². The average Bonchev–Trinajstić information content (AvgIpc) is 3.11. The van der Waals surface area contributed by atoms with Gasteiger partial charge >= 0.3 is 0 Å². The molecule has 0 saturated heterocycles. The van der Waals surface area contributed by atoms with Crippen molar-refractivity contribution in [2.24, 2.45) is 16.1 Å². The molecule has 1 unspecified atom stereocenters. The maximum atomic E-state index is 14.6. The van der Waals surface area contributed by atoms with Crippen LogP contribution in [0.3, 0.4) is 0 Å². The Labute approximate surface area is 179 Å². The fourth-order valence-corrected chi connectivity index (χ4v) is 5.45. The number of rotatable bonds is 6. The molecule has 1 fully saturated rings. The van der Waals surface area contributed by atoms with Gasteiger partial charge in [0.15, 0.2) is 11.7 Å². The molecule has 1 aromatic rings. The number of alkyl halides is 1. The van der Waals surface area contributed by atoms with Gasteiger partial charge in [0.25, 0.3) is 0 Å². The predicted molar refractivity (Wildman–Crippen MR) is 123 cm³/mol. The van der Waals surface area contributed by atoms with Crippen molar-refractivity contribution >= 4 is 29.4 Å². The lowest BCUT2D eigenvalue weighted by molar-refractivity contribution is -0.0213. The monoisotopic (exact) mass is 412 g/mol. The van der Waals surface area contributed by atoms with Crippen molar-refractivity contribution in [2.45, 2.75) is 55.5 Å². The largest absolute Gasteiger partial charge is 0.493 e. The van der Waals surface area contributed by atoms with E-state index in [-0.39, 0.29) is 22.7 Å². The normalized spacial score (nSPS) is 30.4. The Morgan fingerprint density at radius 1 is 1.23 bits per heavy atom. The summed E-state index contributed by atoms with van der Waals surface area (Å²) in [7, 11) is 6.23. The van der Waals surface area contributed by atoms with E-state index in [9.17, 15) is 8.78 Å². The van der Waals surface area contributed by atoms with Gasteiger partial charge in [0, 0.05) is 11.8 Å². The molecule has 4 rings (SSSR count). The predicted octanol–water partition coefficient (Wildman–Crippen LogP) is 0.857. The molecule has 0 radical (unpaired) electrons. The third-order valence-corrected chi connectivity index (χ3v) is 6.66. The van der Waals surface area contributed by atoms with Gasteiger partial charge in [-0.05, 0) is 66.7 Å². The molecule has 2 N–H and O–H groups in total. The minimum Gasteiger partial charge on any atom is -0.493 e. The summed E-state index contributed by atoms with van der Waals surface area (Å²) in [6, 6.07) is 5.91. The molecule has 0 bridgehead atoms. The van der Waals surface area contributed by atoms with Crippen molar-refractivity contribution < 1.29 is 18.3 Å². The molecule has 30 heavy (non-hydrogen) atoms. The van der Waals surface area contributed by atoms with Gasteiger partial charge in [-0.25, -0.2) is 9.38 Å². The zero-order valence-electron chi connectivity index (χ0n) is 18.1. The van der Waals surface area contributed by atoms with Crippen LogP contribution in [-0.2, 0) is 16.7 Å². The third-order valence-electron chi connectivity index (χ3n) is 6.66. The Balaban J connectivity index is 1.66. The van der Waals surface area contributed by atoms with E-state index in [0.29, 0.717) is 18.8 Å². The van der Waals surface area contributed by atoms with E-state index in [0.717, 1.165) is 43.2 Å². The van der Waals surface area contributed by atoms with Crippen molar-refractivity contribution in [3.8, 4) is 5.75 Å². The molecular weight excluding hydrogens is 383 g/mol. The van der Waals surface area contributed by atoms with Crippen LogP contribution in [0.2, 0.25) is 0 Å². The number of halogens is 2. The lowest BCUT2D eigenvalue weighted by Gasteiger charge is -2.46. The van der Waals surface area contributed by atoms with Crippen LogP contribution in [0.5, 0.6) is 5.75 Å². The second-order valence-electron chi connectivity index (χ2n) is 9.85. The molecular formula is C21H29B3F2N2O2. The first-order valence-electron chi connectivity index (χ1n) is 10.9. The molecule has 0 aromatic heterocycles. The Morgan fingerprint density at radius 2 is 1.97 bits per heavy atom. The summed E-state index contributed by atoms with van der Waals surface area (Å²) in [5.41, 5.74) is 7.04. The maximum absolute atomic E-state index is 14.6. The van der Waals surface area contributed by atoms with Crippen LogP contribution in [0.15, 0.2) is 35.1 Å². The summed E-state index contributed by atoms with van der Waals surface area (Å²) < 4.78 is 39.0. The number of hydrogen-bond donors (Lipinski definition) is 1. The van der Waals surface area contributed by atoms with Crippen LogP contribution in [-0.4, -0.2) is 54.1 Å². The van der Waals surface area contributed by atoms with Gasteiger partial charge < -0.3 is 15.2 Å². The Bertz CT molecular complexity index is 859. The molecule has 3 aliphatic rings. The second kappa shape index (κ2) is 7.74. The van der Waals surface area contributed by atoms with Gasteiger partial charge in [-0.2, -0.15) is 0 Å². The highest BCUT2D eigenvalue weighted by Gasteiger charge is 2.59. The maximum Gasteiger partial charge on any atom is 0.163 e. The average molecular weight is 412 g/mol. The van der Waals surface area contributed by atoms with Gasteiger partial charge in [0.05, 0.1) is 19.4 Å². The first-order chi connectivity index (χ1) is 14.2. The van der Waals surface area contributed by atoms with Gasteiger partial charge in [-0.1, -0.05) is 6.07 Å². The number of hydrogen-bond acceptors (Lipinski definition) is 4. The molecule has 4 nitrogen and oxygen atoms in total. The number of amidine groups is 1. The third kappa shape index (κ3) is 3.70. The van der Waals surface area contributed by atoms with Crippen LogP contribution in [0.25, 0.3) is 0 Å². The summed E-state index contributed by atoms with van der Waals surface area (Å²) in [5.74, 6) is 0.191. The van der Waals surface area contributed by atoms with Crippen molar-refractivity contribution in [3.05, 3.63) is 41.2 Å². The van der Waals surface area contributed by atoms with E-state index in [1.54, 1.807) is 6.08 Å². The Morgan fingerprint density at radius 3 is 2.57 bits per heavy atom. The van der Waals surface area contributed by atoms with Gasteiger partial charge in [0.2, 0.25) is 0 Å². The molecule has 1 saturated carbocycles. The van der Waals surface area contributed by atoms with Gasteiger partial charge in [0.1, 0.15) is 34.8 Å². The minimum atomic E-state index is -0.803. The number of fused-ring (bicyclic) bond motifs is 3. The van der Waals surface area contributed by atoms with Crippen LogP contribution in [0.4, 0.5) is 8.78 Å². The van der Waals surface area contributed by atoms with Crippen molar-refractivity contribution in [1.82, 2.24) is 0 Å². The van der Waals surface area contributed by atoms with Crippen LogP contribution >= 0.6 is 0 Å². The zero-order valence-corrected chi connectivity index (χ0v) is 18.1. The molecule has 0 amide bonds. The van der Waals surface area contributed by atoms with E-state index < -0.39 is 18.0 Å². The van der Waals surface area contributed by atoms with Crippen molar-refractivity contribution in [1.29, 1.82) is 0 Å². The van der Waals surface area contributed by atoms with E-state index in [1.807, 2.05) is 18.2 Å².